The normalized spacial score (nSPS) is 18.9. The molecule has 4 rings (SSSR count). The molecule has 1 N–H and O–H groups in total. The molecule has 1 amide bonds. The Bertz CT molecular complexity index is 848. The molecule has 2 aromatic rings. The largest absolute Gasteiger partial charge is 0.491 e. The number of carbonyl (C=O) groups is 1. The van der Waals surface area contributed by atoms with E-state index in [1.165, 1.54) is 5.56 Å². The average molecular weight is 384 g/mol. The summed E-state index contributed by atoms with van der Waals surface area (Å²) < 4.78 is 13.2. The van der Waals surface area contributed by atoms with Gasteiger partial charge in [0.15, 0.2) is 5.69 Å². The molecule has 1 atom stereocenters. The molecule has 0 saturated heterocycles. The number of aromatic nitrogens is 2. The van der Waals surface area contributed by atoms with E-state index >= 15 is 0 Å². The summed E-state index contributed by atoms with van der Waals surface area (Å²) in [5, 5.41) is 7.60. The lowest BCUT2D eigenvalue weighted by atomic mass is 10.0. The van der Waals surface area contributed by atoms with Crippen LogP contribution in [0.5, 0.6) is 5.75 Å². The fraction of sp³-hybridized carbons (Fsp3) is 0.524. The van der Waals surface area contributed by atoms with E-state index in [1.807, 2.05) is 29.8 Å². The molecule has 2 aliphatic heterocycles. The minimum atomic E-state index is -0.132. The van der Waals surface area contributed by atoms with Crippen LogP contribution in [0, 0.1) is 6.92 Å². The second-order valence-electron chi connectivity index (χ2n) is 7.51. The molecular formula is C21H28N4O3. The number of amides is 1. The van der Waals surface area contributed by atoms with E-state index in [0.717, 1.165) is 62.8 Å². The first-order chi connectivity index (χ1) is 13.6. The van der Waals surface area contributed by atoms with Crippen molar-refractivity contribution in [1.82, 2.24) is 20.0 Å². The van der Waals surface area contributed by atoms with E-state index in [4.69, 9.17) is 9.47 Å². The summed E-state index contributed by atoms with van der Waals surface area (Å²) in [6, 6.07) is 8.04. The smallest absolute Gasteiger partial charge is 0.272 e. The van der Waals surface area contributed by atoms with Crippen LogP contribution in [0.2, 0.25) is 0 Å². The van der Waals surface area contributed by atoms with Gasteiger partial charge in [-0.1, -0.05) is 17.7 Å². The van der Waals surface area contributed by atoms with Crippen molar-refractivity contribution in [2.75, 3.05) is 32.9 Å². The van der Waals surface area contributed by atoms with Crippen LogP contribution in [0.25, 0.3) is 0 Å². The molecule has 0 saturated carbocycles. The lowest BCUT2D eigenvalue weighted by molar-refractivity contribution is 0.0908. The lowest BCUT2D eigenvalue weighted by Gasteiger charge is -2.27. The molecule has 150 valence electrons. The van der Waals surface area contributed by atoms with Gasteiger partial charge in [-0.2, -0.15) is 5.10 Å². The Labute approximate surface area is 165 Å². The topological polar surface area (TPSA) is 68.6 Å². The van der Waals surface area contributed by atoms with Gasteiger partial charge in [0.1, 0.15) is 12.4 Å². The van der Waals surface area contributed by atoms with E-state index < -0.39 is 0 Å². The Balaban J connectivity index is 1.36. The summed E-state index contributed by atoms with van der Waals surface area (Å²) in [6.07, 6.45) is 0.779. The molecule has 1 unspecified atom stereocenters. The Hall–Kier alpha value is -2.38. The number of nitrogens with one attached hydrogen (secondary N) is 1. The third-order valence-electron chi connectivity index (χ3n) is 5.32. The van der Waals surface area contributed by atoms with Crippen LogP contribution >= 0.6 is 0 Å². The van der Waals surface area contributed by atoms with E-state index in [9.17, 15) is 4.79 Å². The van der Waals surface area contributed by atoms with Crippen LogP contribution in [0.1, 0.15) is 34.2 Å². The van der Waals surface area contributed by atoms with Crippen LogP contribution in [-0.4, -0.2) is 59.5 Å². The molecule has 0 fully saturated rings. The van der Waals surface area contributed by atoms with Crippen LogP contribution in [0.15, 0.2) is 24.3 Å². The molecular weight excluding hydrogens is 356 g/mol. The quantitative estimate of drug-likeness (QED) is 0.769. The molecule has 2 aliphatic rings. The Morgan fingerprint density at radius 1 is 1.36 bits per heavy atom. The zero-order valence-corrected chi connectivity index (χ0v) is 16.6. The second-order valence-corrected chi connectivity index (χ2v) is 7.51. The van der Waals surface area contributed by atoms with Gasteiger partial charge < -0.3 is 14.8 Å². The third kappa shape index (κ3) is 4.20. The van der Waals surface area contributed by atoms with Crippen LogP contribution in [0.4, 0.5) is 0 Å². The molecule has 3 heterocycles. The summed E-state index contributed by atoms with van der Waals surface area (Å²) in [5.41, 5.74) is 3.90. The maximum Gasteiger partial charge on any atom is 0.272 e. The summed E-state index contributed by atoms with van der Waals surface area (Å²) >= 11 is 0. The summed E-state index contributed by atoms with van der Waals surface area (Å²) in [5.74, 6) is 0.785. The van der Waals surface area contributed by atoms with Gasteiger partial charge in [-0.25, -0.2) is 0 Å². The van der Waals surface area contributed by atoms with Gasteiger partial charge in [0.25, 0.3) is 5.91 Å². The van der Waals surface area contributed by atoms with Gasteiger partial charge >= 0.3 is 0 Å². The van der Waals surface area contributed by atoms with Gasteiger partial charge in [0.05, 0.1) is 24.9 Å². The van der Waals surface area contributed by atoms with Crippen molar-refractivity contribution >= 4 is 5.91 Å². The van der Waals surface area contributed by atoms with Gasteiger partial charge in [0.2, 0.25) is 0 Å². The number of benzene rings is 1. The molecule has 0 aliphatic carbocycles. The molecule has 28 heavy (non-hydrogen) atoms. The molecule has 0 spiro atoms. The number of hydrogen-bond acceptors (Lipinski definition) is 5. The number of carbonyl (C=O) groups excluding carboxylic acids is 1. The molecule has 7 nitrogen and oxygen atoms in total. The predicted octanol–water partition coefficient (Wildman–Crippen LogP) is 1.78. The maximum atomic E-state index is 12.7. The highest BCUT2D eigenvalue weighted by atomic mass is 16.5. The van der Waals surface area contributed by atoms with E-state index in [-0.39, 0.29) is 11.9 Å². The van der Waals surface area contributed by atoms with Crippen molar-refractivity contribution < 1.29 is 14.3 Å². The molecule has 7 heteroatoms. The minimum Gasteiger partial charge on any atom is -0.491 e. The Morgan fingerprint density at radius 2 is 2.25 bits per heavy atom. The van der Waals surface area contributed by atoms with Gasteiger partial charge in [-0.05, 0) is 38.0 Å². The fourth-order valence-corrected chi connectivity index (χ4v) is 3.84. The van der Waals surface area contributed by atoms with Crippen molar-refractivity contribution in [3.05, 3.63) is 46.8 Å². The van der Waals surface area contributed by atoms with E-state index in [1.54, 1.807) is 0 Å². The number of aryl methyl sites for hydroxylation is 1. The zero-order chi connectivity index (χ0) is 19.5. The number of fused-ring (bicyclic) bond motifs is 2. The molecule has 0 bridgehead atoms. The summed E-state index contributed by atoms with van der Waals surface area (Å²) in [4.78, 5) is 15.1. The number of rotatable bonds is 6. The number of nitrogens with zero attached hydrogens (tertiary/aromatic N) is 3. The number of ether oxygens (including phenoxy) is 2. The van der Waals surface area contributed by atoms with Crippen LogP contribution in [-0.2, 0) is 24.2 Å². The van der Waals surface area contributed by atoms with Crippen molar-refractivity contribution in [2.45, 2.75) is 39.4 Å². The first-order valence-corrected chi connectivity index (χ1v) is 10.0. The van der Waals surface area contributed by atoms with Gasteiger partial charge in [-0.15, -0.1) is 0 Å². The van der Waals surface area contributed by atoms with E-state index in [2.05, 4.69) is 28.3 Å². The monoisotopic (exact) mass is 384 g/mol. The molecule has 1 aromatic carbocycles. The minimum absolute atomic E-state index is 0.0387. The highest BCUT2D eigenvalue weighted by Crippen LogP contribution is 2.25. The number of hydrogen-bond donors (Lipinski definition) is 1. The highest BCUT2D eigenvalue weighted by Gasteiger charge is 2.25. The highest BCUT2D eigenvalue weighted by molar-refractivity contribution is 5.92. The molecule has 1 aromatic heterocycles. The zero-order valence-electron chi connectivity index (χ0n) is 16.6. The summed E-state index contributed by atoms with van der Waals surface area (Å²) in [6.45, 7) is 9.46. The Morgan fingerprint density at radius 3 is 3.11 bits per heavy atom. The van der Waals surface area contributed by atoms with Crippen molar-refractivity contribution in [2.24, 2.45) is 0 Å². The molecule has 0 radical (unpaired) electrons. The van der Waals surface area contributed by atoms with E-state index in [0.29, 0.717) is 12.3 Å². The van der Waals surface area contributed by atoms with Crippen molar-refractivity contribution in [1.29, 1.82) is 0 Å². The predicted molar refractivity (Wildman–Crippen MR) is 106 cm³/mol. The SMILES string of the molecule is CCOCCN1CCn2nc(C(=O)NC3COc4ccc(C)cc4C3)cc2C1. The van der Waals surface area contributed by atoms with Crippen molar-refractivity contribution in [3.8, 4) is 5.75 Å². The first kappa shape index (κ1) is 19.0. The summed E-state index contributed by atoms with van der Waals surface area (Å²) in [7, 11) is 0. The van der Waals surface area contributed by atoms with Crippen LogP contribution in [0.3, 0.4) is 0 Å². The van der Waals surface area contributed by atoms with Crippen molar-refractivity contribution in [3.63, 3.8) is 0 Å². The van der Waals surface area contributed by atoms with Gasteiger partial charge in [0, 0.05) is 26.2 Å². The maximum absolute atomic E-state index is 12.7. The standard InChI is InChI=1S/C21H28N4O3/c1-3-27-9-8-24-6-7-25-18(13-24)12-19(23-25)21(26)22-17-11-16-10-15(2)4-5-20(16)28-14-17/h4-5,10,12,17H,3,6-9,11,13-14H2,1-2H3,(H,22,26). The average Bonchev–Trinajstić information content (AvgIpc) is 3.11. The second kappa shape index (κ2) is 8.32. The fourth-order valence-electron chi connectivity index (χ4n) is 3.84. The first-order valence-electron chi connectivity index (χ1n) is 10.0. The Kier molecular flexibility index (Phi) is 5.64. The lowest BCUT2D eigenvalue weighted by Crippen LogP contribution is -2.42. The third-order valence-corrected chi connectivity index (χ3v) is 5.32. The van der Waals surface area contributed by atoms with Crippen LogP contribution < -0.4 is 10.1 Å². The van der Waals surface area contributed by atoms with Gasteiger partial charge in [-0.3, -0.25) is 14.4 Å².